The van der Waals surface area contributed by atoms with Gasteiger partial charge in [-0.3, -0.25) is 4.90 Å². The number of carbonyl (C=O) groups excluding carboxylic acids is 1. The molecule has 0 radical (unpaired) electrons. The zero-order chi connectivity index (χ0) is 17.2. The Morgan fingerprint density at radius 3 is 2.75 bits per heavy atom. The number of methoxy groups -OCH3 is 1. The Balaban J connectivity index is 1.78. The van der Waals surface area contributed by atoms with Gasteiger partial charge in [-0.1, -0.05) is 28.1 Å². The van der Waals surface area contributed by atoms with Gasteiger partial charge in [0.05, 0.1) is 0 Å². The predicted octanol–water partition coefficient (Wildman–Crippen LogP) is 2.31. The van der Waals surface area contributed by atoms with Crippen LogP contribution >= 0.6 is 15.9 Å². The molecule has 1 N–H and O–H groups in total. The Morgan fingerprint density at radius 2 is 2.17 bits per heavy atom. The summed E-state index contributed by atoms with van der Waals surface area (Å²) in [6, 6.07) is 7.17. The second-order valence-corrected chi connectivity index (χ2v) is 7.61. The van der Waals surface area contributed by atoms with Gasteiger partial charge in [-0.25, -0.2) is 4.79 Å². The van der Waals surface area contributed by atoms with Crippen molar-refractivity contribution in [3.8, 4) is 0 Å². The number of hydrogen-bond donors (Lipinski definition) is 1. The summed E-state index contributed by atoms with van der Waals surface area (Å²) >= 11 is 3.40. The van der Waals surface area contributed by atoms with Crippen LogP contribution in [0.2, 0.25) is 0 Å². The molecule has 0 aliphatic carbocycles. The first-order valence-electron chi connectivity index (χ1n) is 8.44. The van der Waals surface area contributed by atoms with Crippen molar-refractivity contribution >= 4 is 21.9 Å². The van der Waals surface area contributed by atoms with Gasteiger partial charge >= 0.3 is 5.97 Å². The van der Waals surface area contributed by atoms with Gasteiger partial charge in [0.15, 0.2) is 5.60 Å². The van der Waals surface area contributed by atoms with Crippen LogP contribution in [-0.2, 0) is 19.9 Å². The van der Waals surface area contributed by atoms with Gasteiger partial charge in [-0.05, 0) is 49.5 Å². The number of nitrogens with zero attached hydrogens (tertiary/aromatic N) is 1. The Morgan fingerprint density at radius 1 is 1.42 bits per heavy atom. The van der Waals surface area contributed by atoms with Crippen molar-refractivity contribution in [3.05, 3.63) is 34.3 Å². The third-order valence-corrected chi connectivity index (χ3v) is 5.66. The van der Waals surface area contributed by atoms with Crippen LogP contribution in [0.1, 0.15) is 24.8 Å². The fourth-order valence-electron chi connectivity index (χ4n) is 3.64. The molecular formula is C18H24BrNO4. The van der Waals surface area contributed by atoms with Crippen molar-refractivity contribution in [2.24, 2.45) is 5.92 Å². The Kier molecular flexibility index (Phi) is 5.59. The van der Waals surface area contributed by atoms with E-state index in [1.54, 1.807) is 25.3 Å². The predicted molar refractivity (Wildman–Crippen MR) is 93.6 cm³/mol. The number of esters is 1. The van der Waals surface area contributed by atoms with Gasteiger partial charge in [0.25, 0.3) is 0 Å². The first-order chi connectivity index (χ1) is 11.5. The SMILES string of the molecule is COCCC(O)(C(=O)OC1CN2CCC1CC2)c1cccc(Br)c1. The Labute approximate surface area is 151 Å². The van der Waals surface area contributed by atoms with E-state index in [2.05, 4.69) is 20.8 Å². The lowest BCUT2D eigenvalue weighted by molar-refractivity contribution is -0.183. The van der Waals surface area contributed by atoms with Crippen LogP contribution in [0.3, 0.4) is 0 Å². The molecule has 3 aliphatic heterocycles. The third kappa shape index (κ3) is 3.67. The molecule has 4 rings (SSSR count). The summed E-state index contributed by atoms with van der Waals surface area (Å²) in [6.07, 6.45) is 2.16. The largest absolute Gasteiger partial charge is 0.458 e. The summed E-state index contributed by atoms with van der Waals surface area (Å²) in [5, 5.41) is 11.1. The van der Waals surface area contributed by atoms with Gasteiger partial charge in [-0.2, -0.15) is 0 Å². The van der Waals surface area contributed by atoms with Crippen LogP contribution in [-0.4, -0.2) is 55.4 Å². The van der Waals surface area contributed by atoms with Gasteiger partial charge < -0.3 is 14.6 Å². The molecule has 5 nitrogen and oxygen atoms in total. The quantitative estimate of drug-likeness (QED) is 0.746. The summed E-state index contributed by atoms with van der Waals surface area (Å²) in [7, 11) is 1.56. The van der Waals surface area contributed by atoms with Crippen LogP contribution in [0.4, 0.5) is 0 Å². The smallest absolute Gasteiger partial charge is 0.343 e. The van der Waals surface area contributed by atoms with Crippen LogP contribution in [0.15, 0.2) is 28.7 Å². The molecule has 3 saturated heterocycles. The second-order valence-electron chi connectivity index (χ2n) is 6.70. The standard InChI is InChI=1S/C18H24BrNO4/c1-23-10-7-18(22,14-3-2-4-15(19)11-14)17(21)24-16-12-20-8-5-13(16)6-9-20/h2-4,11,13,16,22H,5-10,12H2,1H3. The number of halogens is 1. The Bertz CT molecular complexity index is 588. The maximum absolute atomic E-state index is 12.9. The number of ether oxygens (including phenoxy) is 2. The lowest BCUT2D eigenvalue weighted by Crippen LogP contribution is -2.53. The highest BCUT2D eigenvalue weighted by molar-refractivity contribution is 9.10. The van der Waals surface area contributed by atoms with E-state index in [9.17, 15) is 9.90 Å². The molecule has 2 unspecified atom stereocenters. The topological polar surface area (TPSA) is 59.0 Å². The molecule has 2 atom stereocenters. The maximum atomic E-state index is 12.9. The van der Waals surface area contributed by atoms with E-state index < -0.39 is 11.6 Å². The zero-order valence-corrected chi connectivity index (χ0v) is 15.5. The monoisotopic (exact) mass is 397 g/mol. The summed E-state index contributed by atoms with van der Waals surface area (Å²) in [5.41, 5.74) is -1.16. The van der Waals surface area contributed by atoms with E-state index in [0.29, 0.717) is 11.5 Å². The molecule has 1 aromatic rings. The molecule has 2 bridgehead atoms. The second kappa shape index (κ2) is 7.52. The van der Waals surface area contributed by atoms with Crippen molar-refractivity contribution < 1.29 is 19.4 Å². The van der Waals surface area contributed by atoms with Crippen molar-refractivity contribution in [1.82, 2.24) is 4.90 Å². The minimum absolute atomic E-state index is 0.124. The highest BCUT2D eigenvalue weighted by Crippen LogP contribution is 2.34. The lowest BCUT2D eigenvalue weighted by Gasteiger charge is -2.44. The van der Waals surface area contributed by atoms with Crippen LogP contribution < -0.4 is 0 Å². The molecule has 1 aromatic carbocycles. The molecule has 3 heterocycles. The summed E-state index contributed by atoms with van der Waals surface area (Å²) in [5.74, 6) is -0.162. The number of piperidine rings is 3. The lowest BCUT2D eigenvalue weighted by atomic mass is 9.85. The number of aliphatic hydroxyl groups is 1. The molecule has 0 spiro atoms. The molecule has 132 valence electrons. The van der Waals surface area contributed by atoms with Crippen LogP contribution in [0.25, 0.3) is 0 Å². The molecule has 6 heteroatoms. The molecule has 3 aliphatic rings. The van der Waals surface area contributed by atoms with Gasteiger partial charge in [0, 0.05) is 31.2 Å². The molecule has 3 fully saturated rings. The maximum Gasteiger partial charge on any atom is 0.343 e. The fourth-order valence-corrected chi connectivity index (χ4v) is 4.04. The van der Waals surface area contributed by atoms with E-state index in [0.717, 1.165) is 36.9 Å². The van der Waals surface area contributed by atoms with Crippen molar-refractivity contribution in [3.63, 3.8) is 0 Å². The van der Waals surface area contributed by atoms with Gasteiger partial charge in [0.2, 0.25) is 0 Å². The molecule has 24 heavy (non-hydrogen) atoms. The molecular weight excluding hydrogens is 374 g/mol. The van der Waals surface area contributed by atoms with Crippen molar-refractivity contribution in [2.75, 3.05) is 33.4 Å². The summed E-state index contributed by atoms with van der Waals surface area (Å²) in [4.78, 5) is 15.2. The number of hydrogen-bond acceptors (Lipinski definition) is 5. The van der Waals surface area contributed by atoms with E-state index in [1.807, 2.05) is 6.07 Å². The first-order valence-corrected chi connectivity index (χ1v) is 9.23. The van der Waals surface area contributed by atoms with Crippen LogP contribution in [0, 0.1) is 5.92 Å². The van der Waals surface area contributed by atoms with Gasteiger partial charge in [-0.15, -0.1) is 0 Å². The summed E-state index contributed by atoms with van der Waals surface area (Å²) < 4.78 is 11.7. The minimum atomic E-state index is -1.69. The normalized spacial score (nSPS) is 28.4. The average molecular weight is 398 g/mol. The molecule has 0 amide bonds. The first kappa shape index (κ1) is 17.9. The molecule has 0 aromatic heterocycles. The minimum Gasteiger partial charge on any atom is -0.458 e. The van der Waals surface area contributed by atoms with E-state index in [4.69, 9.17) is 9.47 Å². The fraction of sp³-hybridized carbons (Fsp3) is 0.611. The van der Waals surface area contributed by atoms with E-state index >= 15 is 0 Å². The summed E-state index contributed by atoms with van der Waals surface area (Å²) in [6.45, 7) is 3.21. The number of carbonyl (C=O) groups is 1. The number of fused-ring (bicyclic) bond motifs is 3. The van der Waals surface area contributed by atoms with Crippen molar-refractivity contribution in [1.29, 1.82) is 0 Å². The van der Waals surface area contributed by atoms with Crippen LogP contribution in [0.5, 0.6) is 0 Å². The third-order valence-electron chi connectivity index (χ3n) is 5.16. The average Bonchev–Trinajstić information content (AvgIpc) is 2.60. The van der Waals surface area contributed by atoms with Gasteiger partial charge in [0.1, 0.15) is 6.10 Å². The Hall–Kier alpha value is -0.950. The van der Waals surface area contributed by atoms with E-state index in [-0.39, 0.29) is 19.1 Å². The molecule has 0 saturated carbocycles. The number of rotatable bonds is 6. The van der Waals surface area contributed by atoms with E-state index in [1.165, 1.54) is 0 Å². The highest BCUT2D eigenvalue weighted by Gasteiger charge is 2.44. The van der Waals surface area contributed by atoms with Crippen molar-refractivity contribution in [2.45, 2.75) is 31.0 Å². The number of benzene rings is 1. The highest BCUT2D eigenvalue weighted by atomic mass is 79.9. The zero-order valence-electron chi connectivity index (χ0n) is 13.9.